The molecule has 1 aliphatic heterocycles. The highest BCUT2D eigenvalue weighted by molar-refractivity contribution is 5.99. The van der Waals surface area contributed by atoms with E-state index in [0.717, 1.165) is 36.3 Å². The highest BCUT2D eigenvalue weighted by Gasteiger charge is 2.29. The zero-order valence-electron chi connectivity index (χ0n) is 17.5. The quantitative estimate of drug-likeness (QED) is 0.563. The molecule has 1 aliphatic rings. The molecule has 0 fully saturated rings. The highest BCUT2D eigenvalue weighted by Crippen LogP contribution is 2.27. The van der Waals surface area contributed by atoms with Gasteiger partial charge >= 0.3 is 0 Å². The average molecular weight is 405 g/mol. The summed E-state index contributed by atoms with van der Waals surface area (Å²) < 4.78 is 2.30. The topological polar surface area (TPSA) is 76.0 Å². The Morgan fingerprint density at radius 2 is 1.93 bits per heavy atom. The van der Waals surface area contributed by atoms with E-state index in [-0.39, 0.29) is 24.3 Å². The summed E-state index contributed by atoms with van der Waals surface area (Å²) in [6, 6.07) is 15.4. The van der Waals surface area contributed by atoms with Crippen LogP contribution in [0.4, 0.5) is 0 Å². The number of rotatable bonds is 8. The molecule has 6 nitrogen and oxygen atoms in total. The summed E-state index contributed by atoms with van der Waals surface area (Å²) in [6.45, 7) is 5.94. The standard InChI is InChI=1S/C24H28N4O2/c1-16(2)15-28-21-11-6-5-10-19(21)26-22(28)12-7-13-25-23(29)14-20-17-8-3-4-9-18(17)24(30)27-20/h3-6,8-11,16,20H,7,12-15H2,1-2H3,(H,25,29)(H,27,30)/t20-/m1/s1. The van der Waals surface area contributed by atoms with E-state index in [1.165, 1.54) is 5.52 Å². The van der Waals surface area contributed by atoms with Crippen LogP contribution < -0.4 is 10.6 Å². The van der Waals surface area contributed by atoms with Gasteiger partial charge < -0.3 is 15.2 Å². The van der Waals surface area contributed by atoms with Crippen molar-refractivity contribution in [2.75, 3.05) is 6.54 Å². The number of imidazole rings is 1. The summed E-state index contributed by atoms with van der Waals surface area (Å²) in [7, 11) is 0. The Bertz CT molecular complexity index is 1070. The van der Waals surface area contributed by atoms with Crippen molar-refractivity contribution in [3.05, 3.63) is 65.5 Å². The maximum absolute atomic E-state index is 12.4. The zero-order chi connectivity index (χ0) is 21.1. The van der Waals surface area contributed by atoms with E-state index in [0.29, 0.717) is 18.0 Å². The molecule has 0 bridgehead atoms. The Morgan fingerprint density at radius 1 is 1.17 bits per heavy atom. The minimum Gasteiger partial charge on any atom is -0.356 e. The summed E-state index contributed by atoms with van der Waals surface area (Å²) in [4.78, 5) is 29.2. The molecule has 0 aliphatic carbocycles. The number of nitrogens with zero attached hydrogens (tertiary/aromatic N) is 2. The van der Waals surface area contributed by atoms with Gasteiger partial charge in [-0.1, -0.05) is 44.2 Å². The summed E-state index contributed by atoms with van der Waals surface area (Å²) in [5.41, 5.74) is 3.76. The number of carbonyl (C=O) groups excluding carboxylic acids is 2. The molecule has 0 saturated carbocycles. The Hall–Kier alpha value is -3.15. The van der Waals surface area contributed by atoms with Gasteiger partial charge in [0.1, 0.15) is 5.82 Å². The first-order chi connectivity index (χ1) is 14.5. The van der Waals surface area contributed by atoms with Crippen molar-refractivity contribution in [2.45, 2.75) is 45.7 Å². The van der Waals surface area contributed by atoms with Crippen LogP contribution in [0.5, 0.6) is 0 Å². The fraction of sp³-hybridized carbons (Fsp3) is 0.375. The predicted molar refractivity (Wildman–Crippen MR) is 117 cm³/mol. The lowest BCUT2D eigenvalue weighted by atomic mass is 10.0. The molecule has 1 aromatic heterocycles. The summed E-state index contributed by atoms with van der Waals surface area (Å²) in [6.07, 6.45) is 1.89. The van der Waals surface area contributed by atoms with Crippen molar-refractivity contribution >= 4 is 22.8 Å². The minimum atomic E-state index is -0.246. The molecule has 0 radical (unpaired) electrons. The van der Waals surface area contributed by atoms with Crippen LogP contribution in [0.15, 0.2) is 48.5 Å². The van der Waals surface area contributed by atoms with Crippen LogP contribution >= 0.6 is 0 Å². The average Bonchev–Trinajstić information content (AvgIpc) is 3.23. The number of hydrogen-bond donors (Lipinski definition) is 2. The monoisotopic (exact) mass is 404 g/mol. The number of hydrogen-bond acceptors (Lipinski definition) is 3. The molecule has 3 aromatic rings. The van der Waals surface area contributed by atoms with Gasteiger partial charge in [0.15, 0.2) is 0 Å². The molecule has 30 heavy (non-hydrogen) atoms. The maximum Gasteiger partial charge on any atom is 0.252 e. The molecule has 2 N–H and O–H groups in total. The molecular weight excluding hydrogens is 376 g/mol. The summed E-state index contributed by atoms with van der Waals surface area (Å²) >= 11 is 0. The lowest BCUT2D eigenvalue weighted by molar-refractivity contribution is -0.121. The number of carbonyl (C=O) groups is 2. The summed E-state index contributed by atoms with van der Waals surface area (Å²) in [5, 5.41) is 5.89. The highest BCUT2D eigenvalue weighted by atomic mass is 16.2. The van der Waals surface area contributed by atoms with Gasteiger partial charge in [0.2, 0.25) is 5.91 Å². The second-order valence-corrected chi connectivity index (χ2v) is 8.29. The van der Waals surface area contributed by atoms with E-state index < -0.39 is 0 Å². The Labute approximate surface area is 176 Å². The Morgan fingerprint density at radius 3 is 2.77 bits per heavy atom. The van der Waals surface area contributed by atoms with Gasteiger partial charge in [-0.25, -0.2) is 4.98 Å². The zero-order valence-corrected chi connectivity index (χ0v) is 17.5. The van der Waals surface area contributed by atoms with Crippen LogP contribution in [-0.2, 0) is 17.8 Å². The van der Waals surface area contributed by atoms with Crippen molar-refractivity contribution in [1.29, 1.82) is 0 Å². The fourth-order valence-corrected chi connectivity index (χ4v) is 4.10. The second kappa shape index (κ2) is 8.69. The molecule has 0 spiro atoms. The van der Waals surface area contributed by atoms with Crippen molar-refractivity contribution in [3.8, 4) is 0 Å². The largest absolute Gasteiger partial charge is 0.356 e. The Balaban J connectivity index is 1.31. The number of fused-ring (bicyclic) bond motifs is 2. The fourth-order valence-electron chi connectivity index (χ4n) is 4.10. The van der Waals surface area contributed by atoms with Gasteiger partial charge in [0.05, 0.1) is 23.5 Å². The lowest BCUT2D eigenvalue weighted by Crippen LogP contribution is -2.30. The van der Waals surface area contributed by atoms with Gasteiger partial charge in [0.25, 0.3) is 5.91 Å². The van der Waals surface area contributed by atoms with Crippen LogP contribution in [0.3, 0.4) is 0 Å². The smallest absolute Gasteiger partial charge is 0.252 e. The lowest BCUT2D eigenvalue weighted by Gasteiger charge is -2.13. The van der Waals surface area contributed by atoms with E-state index in [9.17, 15) is 9.59 Å². The molecule has 0 unspecified atom stereocenters. The number of benzene rings is 2. The van der Waals surface area contributed by atoms with Gasteiger partial charge in [-0.2, -0.15) is 0 Å². The second-order valence-electron chi connectivity index (χ2n) is 8.29. The molecule has 4 rings (SSSR count). The first kappa shape index (κ1) is 20.1. The minimum absolute atomic E-state index is 0.0484. The number of nitrogens with one attached hydrogen (secondary N) is 2. The Kier molecular flexibility index (Phi) is 5.84. The predicted octanol–water partition coefficient (Wildman–Crippen LogP) is 3.62. The molecule has 6 heteroatoms. The van der Waals surface area contributed by atoms with Crippen molar-refractivity contribution in [1.82, 2.24) is 20.2 Å². The number of aromatic nitrogens is 2. The third-order valence-corrected chi connectivity index (χ3v) is 5.46. The van der Waals surface area contributed by atoms with Crippen molar-refractivity contribution in [2.24, 2.45) is 5.92 Å². The van der Waals surface area contributed by atoms with Crippen LogP contribution in [0.2, 0.25) is 0 Å². The number of aryl methyl sites for hydroxylation is 1. The third kappa shape index (κ3) is 4.22. The molecule has 2 heterocycles. The van der Waals surface area contributed by atoms with E-state index in [4.69, 9.17) is 4.98 Å². The van der Waals surface area contributed by atoms with E-state index >= 15 is 0 Å². The third-order valence-electron chi connectivity index (χ3n) is 5.46. The van der Waals surface area contributed by atoms with Crippen LogP contribution in [0.25, 0.3) is 11.0 Å². The number of para-hydroxylation sites is 2. The molecule has 0 saturated heterocycles. The van der Waals surface area contributed by atoms with Crippen molar-refractivity contribution < 1.29 is 9.59 Å². The number of amides is 2. The van der Waals surface area contributed by atoms with Gasteiger partial charge in [-0.05, 0) is 36.1 Å². The molecular formula is C24H28N4O2. The normalized spacial score (nSPS) is 15.4. The molecule has 2 amide bonds. The first-order valence-electron chi connectivity index (χ1n) is 10.6. The van der Waals surface area contributed by atoms with Gasteiger partial charge in [0, 0.05) is 25.1 Å². The molecule has 2 aromatic carbocycles. The van der Waals surface area contributed by atoms with Crippen molar-refractivity contribution in [3.63, 3.8) is 0 Å². The first-order valence-corrected chi connectivity index (χ1v) is 10.6. The SMILES string of the molecule is CC(C)Cn1c(CCCNC(=O)C[C@H]2NC(=O)c3ccccc32)nc2ccccc21. The molecule has 156 valence electrons. The van der Waals surface area contributed by atoms with Crippen LogP contribution in [0, 0.1) is 5.92 Å². The maximum atomic E-state index is 12.4. The van der Waals surface area contributed by atoms with Gasteiger partial charge in [-0.15, -0.1) is 0 Å². The van der Waals surface area contributed by atoms with Crippen LogP contribution in [-0.4, -0.2) is 27.9 Å². The molecule has 1 atom stereocenters. The van der Waals surface area contributed by atoms with E-state index in [1.54, 1.807) is 6.07 Å². The van der Waals surface area contributed by atoms with Gasteiger partial charge in [-0.3, -0.25) is 9.59 Å². The van der Waals surface area contributed by atoms with E-state index in [2.05, 4.69) is 35.1 Å². The van der Waals surface area contributed by atoms with E-state index in [1.807, 2.05) is 36.4 Å². The summed E-state index contributed by atoms with van der Waals surface area (Å²) in [5.74, 6) is 1.45. The van der Waals surface area contributed by atoms with Crippen LogP contribution in [0.1, 0.15) is 54.5 Å².